The minimum atomic E-state index is -0.193. The molecule has 1 fully saturated rings. The molecule has 26 heavy (non-hydrogen) atoms. The quantitative estimate of drug-likeness (QED) is 0.796. The zero-order valence-corrected chi connectivity index (χ0v) is 15.6. The monoisotopic (exact) mass is 368 g/mol. The van der Waals surface area contributed by atoms with E-state index in [1.807, 2.05) is 40.6 Å². The summed E-state index contributed by atoms with van der Waals surface area (Å²) in [6.45, 7) is 5.25. The van der Waals surface area contributed by atoms with E-state index < -0.39 is 0 Å². The molecule has 0 radical (unpaired) electrons. The average molecular weight is 369 g/mol. The van der Waals surface area contributed by atoms with Gasteiger partial charge < -0.3 is 10.2 Å². The largest absolute Gasteiger partial charge is 0.352 e. The topological polar surface area (TPSA) is 49.4 Å². The van der Waals surface area contributed by atoms with Gasteiger partial charge in [0.1, 0.15) is 0 Å². The molecule has 2 amide bonds. The van der Waals surface area contributed by atoms with Gasteiger partial charge in [0.2, 0.25) is 11.8 Å². The Balaban J connectivity index is 1.75. The highest BCUT2D eigenvalue weighted by Crippen LogP contribution is 2.31. The molecule has 1 aliphatic rings. The van der Waals surface area contributed by atoms with Gasteiger partial charge in [-0.15, -0.1) is 17.9 Å². The van der Waals surface area contributed by atoms with Crippen LogP contribution in [0.5, 0.6) is 0 Å². The number of amides is 2. The first-order chi connectivity index (χ1) is 12.7. The lowest BCUT2D eigenvalue weighted by Crippen LogP contribution is -2.48. The van der Waals surface area contributed by atoms with E-state index in [9.17, 15) is 9.59 Å². The number of nitrogens with zero attached hydrogens (tertiary/aromatic N) is 1. The van der Waals surface area contributed by atoms with Crippen molar-refractivity contribution in [2.24, 2.45) is 5.92 Å². The molecule has 0 bridgehead atoms. The van der Waals surface area contributed by atoms with Crippen molar-refractivity contribution in [2.45, 2.75) is 18.8 Å². The van der Waals surface area contributed by atoms with Crippen molar-refractivity contribution in [1.29, 1.82) is 0 Å². The van der Waals surface area contributed by atoms with Crippen LogP contribution < -0.4 is 5.32 Å². The van der Waals surface area contributed by atoms with Gasteiger partial charge in [-0.25, -0.2) is 0 Å². The molecule has 2 aromatic rings. The first kappa shape index (κ1) is 18.4. The summed E-state index contributed by atoms with van der Waals surface area (Å²) in [5.41, 5.74) is 1.18. The standard InChI is InChI=1S/C21H24N2O2S/c1-2-10-22-21(25)18-12-17(16-7-4-3-5-8-16)14-23(15-18)20(24)13-19-9-6-11-26-19/h2-9,11,17-18H,1,10,12-15H2,(H,22,25)/t17-,18-/m0/s1. The number of nitrogens with one attached hydrogen (secondary N) is 1. The molecule has 1 aliphatic heterocycles. The number of rotatable bonds is 6. The van der Waals surface area contributed by atoms with Crippen LogP contribution in [0.25, 0.3) is 0 Å². The minimum Gasteiger partial charge on any atom is -0.352 e. The number of hydrogen-bond donors (Lipinski definition) is 1. The van der Waals surface area contributed by atoms with Crippen LogP contribution in [0.15, 0.2) is 60.5 Å². The molecule has 3 rings (SSSR count). The SMILES string of the molecule is C=CCNC(=O)[C@H]1C[C@H](c2ccccc2)CN(C(=O)Cc2cccs2)C1. The molecule has 0 spiro atoms. The van der Waals surface area contributed by atoms with Gasteiger partial charge >= 0.3 is 0 Å². The van der Waals surface area contributed by atoms with Gasteiger partial charge in [0.25, 0.3) is 0 Å². The maximum atomic E-state index is 12.8. The molecule has 4 nitrogen and oxygen atoms in total. The maximum absolute atomic E-state index is 12.8. The zero-order chi connectivity index (χ0) is 18.4. The van der Waals surface area contributed by atoms with Crippen LogP contribution in [-0.2, 0) is 16.0 Å². The Labute approximate surface area is 158 Å². The summed E-state index contributed by atoms with van der Waals surface area (Å²) < 4.78 is 0. The zero-order valence-electron chi connectivity index (χ0n) is 14.8. The van der Waals surface area contributed by atoms with Crippen LogP contribution in [0, 0.1) is 5.92 Å². The summed E-state index contributed by atoms with van der Waals surface area (Å²) in [4.78, 5) is 28.3. The van der Waals surface area contributed by atoms with Crippen LogP contribution in [-0.4, -0.2) is 36.3 Å². The Morgan fingerprint density at radius 3 is 2.69 bits per heavy atom. The molecule has 0 aliphatic carbocycles. The van der Waals surface area contributed by atoms with Gasteiger partial charge in [0.15, 0.2) is 0 Å². The van der Waals surface area contributed by atoms with Gasteiger partial charge in [-0.1, -0.05) is 42.5 Å². The van der Waals surface area contributed by atoms with E-state index in [-0.39, 0.29) is 23.7 Å². The van der Waals surface area contributed by atoms with Crippen LogP contribution in [0.4, 0.5) is 0 Å². The van der Waals surface area contributed by atoms with Crippen molar-refractivity contribution in [3.8, 4) is 0 Å². The van der Waals surface area contributed by atoms with E-state index in [1.54, 1.807) is 17.4 Å². The molecule has 1 saturated heterocycles. The number of likely N-dealkylation sites (tertiary alicyclic amines) is 1. The van der Waals surface area contributed by atoms with E-state index in [0.29, 0.717) is 26.1 Å². The fourth-order valence-corrected chi connectivity index (χ4v) is 4.15. The number of carbonyl (C=O) groups is 2. The van der Waals surface area contributed by atoms with Crippen LogP contribution >= 0.6 is 11.3 Å². The van der Waals surface area contributed by atoms with Crippen LogP contribution in [0.2, 0.25) is 0 Å². The second-order valence-electron chi connectivity index (χ2n) is 6.63. The lowest BCUT2D eigenvalue weighted by atomic mass is 9.84. The summed E-state index contributed by atoms with van der Waals surface area (Å²) in [5.74, 6) is 0.0759. The maximum Gasteiger partial charge on any atom is 0.227 e. The summed E-state index contributed by atoms with van der Waals surface area (Å²) >= 11 is 1.59. The fraction of sp³-hybridized carbons (Fsp3) is 0.333. The highest BCUT2D eigenvalue weighted by molar-refractivity contribution is 7.10. The van der Waals surface area contributed by atoms with E-state index in [2.05, 4.69) is 24.0 Å². The Kier molecular flexibility index (Phi) is 6.23. The van der Waals surface area contributed by atoms with Gasteiger partial charge in [-0.05, 0) is 23.4 Å². The van der Waals surface area contributed by atoms with E-state index >= 15 is 0 Å². The third kappa shape index (κ3) is 4.61. The summed E-state index contributed by atoms with van der Waals surface area (Å²) in [7, 11) is 0. The first-order valence-corrected chi connectivity index (χ1v) is 9.79. The minimum absolute atomic E-state index is 0.000505. The highest BCUT2D eigenvalue weighted by atomic mass is 32.1. The normalized spacial score (nSPS) is 19.8. The molecular weight excluding hydrogens is 344 g/mol. The number of piperidine rings is 1. The number of thiophene rings is 1. The molecule has 5 heteroatoms. The molecule has 1 N–H and O–H groups in total. The fourth-order valence-electron chi connectivity index (χ4n) is 3.45. The molecule has 1 aromatic heterocycles. The van der Waals surface area contributed by atoms with Crippen molar-refractivity contribution in [3.63, 3.8) is 0 Å². The predicted molar refractivity (Wildman–Crippen MR) is 105 cm³/mol. The number of hydrogen-bond acceptors (Lipinski definition) is 3. The van der Waals surface area contributed by atoms with Crippen molar-refractivity contribution in [3.05, 3.63) is 70.9 Å². The Hall–Kier alpha value is -2.40. The van der Waals surface area contributed by atoms with Crippen LogP contribution in [0.1, 0.15) is 22.8 Å². The Bertz CT molecular complexity index is 743. The smallest absolute Gasteiger partial charge is 0.227 e. The van der Waals surface area contributed by atoms with Gasteiger partial charge in [-0.3, -0.25) is 9.59 Å². The molecule has 0 unspecified atom stereocenters. The third-order valence-corrected chi connectivity index (χ3v) is 5.65. The molecule has 2 heterocycles. The number of benzene rings is 1. The molecular formula is C21H24N2O2S. The Morgan fingerprint density at radius 1 is 1.19 bits per heavy atom. The second-order valence-corrected chi connectivity index (χ2v) is 7.66. The third-order valence-electron chi connectivity index (χ3n) is 4.77. The van der Waals surface area contributed by atoms with E-state index in [0.717, 1.165) is 11.3 Å². The second kappa shape index (κ2) is 8.81. The van der Waals surface area contributed by atoms with E-state index in [4.69, 9.17) is 0 Å². The van der Waals surface area contributed by atoms with Crippen molar-refractivity contribution >= 4 is 23.2 Å². The van der Waals surface area contributed by atoms with Crippen molar-refractivity contribution in [2.75, 3.05) is 19.6 Å². The highest BCUT2D eigenvalue weighted by Gasteiger charge is 2.34. The summed E-state index contributed by atoms with van der Waals surface area (Å²) in [6.07, 6.45) is 2.84. The molecule has 0 saturated carbocycles. The predicted octanol–water partition coefficient (Wildman–Crippen LogP) is 3.23. The Morgan fingerprint density at radius 2 is 2.00 bits per heavy atom. The van der Waals surface area contributed by atoms with Gasteiger partial charge in [0.05, 0.1) is 12.3 Å². The van der Waals surface area contributed by atoms with Gasteiger partial charge in [0, 0.05) is 30.4 Å². The van der Waals surface area contributed by atoms with Crippen LogP contribution in [0.3, 0.4) is 0 Å². The molecule has 136 valence electrons. The summed E-state index contributed by atoms with van der Waals surface area (Å²) in [5, 5.41) is 4.87. The average Bonchev–Trinajstić information content (AvgIpc) is 3.19. The van der Waals surface area contributed by atoms with Crippen molar-refractivity contribution < 1.29 is 9.59 Å². The van der Waals surface area contributed by atoms with E-state index in [1.165, 1.54) is 5.56 Å². The van der Waals surface area contributed by atoms with Crippen molar-refractivity contribution in [1.82, 2.24) is 10.2 Å². The lowest BCUT2D eigenvalue weighted by molar-refractivity contribution is -0.135. The number of carbonyl (C=O) groups excluding carboxylic acids is 2. The van der Waals surface area contributed by atoms with Gasteiger partial charge in [-0.2, -0.15) is 0 Å². The lowest BCUT2D eigenvalue weighted by Gasteiger charge is -2.37. The summed E-state index contributed by atoms with van der Waals surface area (Å²) in [6, 6.07) is 14.1. The molecule has 2 atom stereocenters. The molecule has 1 aromatic carbocycles. The first-order valence-electron chi connectivity index (χ1n) is 8.91.